The summed E-state index contributed by atoms with van der Waals surface area (Å²) in [6.07, 6.45) is 0. The molecule has 0 saturated heterocycles. The van der Waals surface area contributed by atoms with E-state index in [0.717, 1.165) is 15.7 Å². The van der Waals surface area contributed by atoms with Crippen molar-refractivity contribution >= 4 is 33.5 Å². The number of methoxy groups -OCH3 is 1. The second-order valence-electron chi connectivity index (χ2n) is 4.87. The zero-order chi connectivity index (χ0) is 16.3. The first-order valence-corrected chi connectivity index (χ1v) is 7.46. The van der Waals surface area contributed by atoms with Crippen molar-refractivity contribution in [3.8, 4) is 0 Å². The average molecular weight is 362 g/mol. The molecule has 0 aliphatic carbocycles. The van der Waals surface area contributed by atoms with E-state index < -0.39 is 5.97 Å². The minimum absolute atomic E-state index is 0.184. The Kier molecular flexibility index (Phi) is 4.98. The van der Waals surface area contributed by atoms with Gasteiger partial charge in [0.05, 0.1) is 12.7 Å². The van der Waals surface area contributed by atoms with Crippen molar-refractivity contribution in [2.24, 2.45) is 0 Å². The van der Waals surface area contributed by atoms with E-state index in [9.17, 15) is 9.59 Å². The van der Waals surface area contributed by atoms with Gasteiger partial charge in [-0.25, -0.2) is 4.79 Å². The maximum atomic E-state index is 12.6. The number of nitrogens with zero attached hydrogens (tertiary/aromatic N) is 1. The lowest BCUT2D eigenvalue weighted by atomic mass is 10.1. The Hall–Kier alpha value is -2.14. The summed E-state index contributed by atoms with van der Waals surface area (Å²) in [5, 5.41) is 0. The van der Waals surface area contributed by atoms with E-state index >= 15 is 0 Å². The van der Waals surface area contributed by atoms with E-state index in [2.05, 4.69) is 20.7 Å². The fourth-order valence-corrected chi connectivity index (χ4v) is 2.67. The van der Waals surface area contributed by atoms with Crippen LogP contribution in [0.25, 0.3) is 0 Å². The van der Waals surface area contributed by atoms with Gasteiger partial charge >= 0.3 is 5.97 Å². The Morgan fingerprint density at radius 2 is 1.77 bits per heavy atom. The van der Waals surface area contributed by atoms with Gasteiger partial charge in [-0.3, -0.25) is 4.79 Å². The maximum absolute atomic E-state index is 12.6. The van der Waals surface area contributed by atoms with E-state index in [-0.39, 0.29) is 5.91 Å². The van der Waals surface area contributed by atoms with Gasteiger partial charge in [0.2, 0.25) is 0 Å². The molecule has 5 heteroatoms. The molecule has 0 unspecified atom stereocenters. The minimum atomic E-state index is -0.461. The molecule has 0 aromatic heterocycles. The first kappa shape index (κ1) is 16.2. The molecule has 4 nitrogen and oxygen atoms in total. The van der Waals surface area contributed by atoms with Crippen LogP contribution in [-0.4, -0.2) is 26.0 Å². The molecule has 2 rings (SSSR count). The van der Waals surface area contributed by atoms with E-state index in [1.807, 2.05) is 25.1 Å². The Morgan fingerprint density at radius 1 is 1.09 bits per heavy atom. The van der Waals surface area contributed by atoms with Gasteiger partial charge in [0, 0.05) is 22.8 Å². The van der Waals surface area contributed by atoms with Crippen molar-refractivity contribution in [2.75, 3.05) is 19.1 Å². The Balaban J connectivity index is 2.33. The summed E-state index contributed by atoms with van der Waals surface area (Å²) in [4.78, 5) is 25.7. The van der Waals surface area contributed by atoms with Crippen LogP contribution in [0.4, 0.5) is 5.69 Å². The lowest BCUT2D eigenvalue weighted by Crippen LogP contribution is -2.27. The predicted octanol–water partition coefficient (Wildman–Crippen LogP) is 3.82. The van der Waals surface area contributed by atoms with Crippen molar-refractivity contribution in [3.05, 3.63) is 63.6 Å². The SMILES string of the molecule is COC(=O)c1cccc(C(=O)N(C)c2ccc(Br)cc2C)c1. The Morgan fingerprint density at radius 3 is 2.41 bits per heavy atom. The summed E-state index contributed by atoms with van der Waals surface area (Å²) < 4.78 is 5.64. The van der Waals surface area contributed by atoms with Crippen LogP contribution in [0.5, 0.6) is 0 Å². The van der Waals surface area contributed by atoms with Gasteiger partial charge in [0.15, 0.2) is 0 Å². The number of carbonyl (C=O) groups is 2. The number of amides is 1. The molecule has 0 aliphatic rings. The number of hydrogen-bond donors (Lipinski definition) is 0. The molecule has 0 bridgehead atoms. The van der Waals surface area contributed by atoms with Crippen LogP contribution < -0.4 is 4.90 Å². The zero-order valence-electron chi connectivity index (χ0n) is 12.6. The molecule has 2 aromatic rings. The molecule has 22 heavy (non-hydrogen) atoms. The molecule has 0 saturated carbocycles. The second-order valence-corrected chi connectivity index (χ2v) is 5.78. The fraction of sp³-hybridized carbons (Fsp3) is 0.176. The molecule has 0 fully saturated rings. The van der Waals surface area contributed by atoms with Gasteiger partial charge in [-0.1, -0.05) is 22.0 Å². The number of hydrogen-bond acceptors (Lipinski definition) is 3. The van der Waals surface area contributed by atoms with Crippen LogP contribution >= 0.6 is 15.9 Å². The number of rotatable bonds is 3. The van der Waals surface area contributed by atoms with Gasteiger partial charge in [-0.2, -0.15) is 0 Å². The molecule has 1 amide bonds. The Labute approximate surface area is 137 Å². The third kappa shape index (κ3) is 3.36. The lowest BCUT2D eigenvalue weighted by molar-refractivity contribution is 0.0600. The number of ether oxygens (including phenoxy) is 1. The van der Waals surface area contributed by atoms with Gasteiger partial charge in [-0.05, 0) is 48.9 Å². The highest BCUT2D eigenvalue weighted by Gasteiger charge is 2.17. The highest BCUT2D eigenvalue weighted by molar-refractivity contribution is 9.10. The van der Waals surface area contributed by atoms with E-state index in [4.69, 9.17) is 0 Å². The number of esters is 1. The predicted molar refractivity (Wildman–Crippen MR) is 89.4 cm³/mol. The third-order valence-corrected chi connectivity index (χ3v) is 3.85. The topological polar surface area (TPSA) is 46.6 Å². The number of halogens is 1. The molecule has 0 aliphatic heterocycles. The summed E-state index contributed by atoms with van der Waals surface area (Å²) >= 11 is 3.41. The van der Waals surface area contributed by atoms with E-state index in [1.54, 1.807) is 36.2 Å². The van der Waals surface area contributed by atoms with Crippen molar-refractivity contribution in [3.63, 3.8) is 0 Å². The smallest absolute Gasteiger partial charge is 0.337 e. The number of anilines is 1. The molecular formula is C17H16BrNO3. The minimum Gasteiger partial charge on any atom is -0.465 e. The van der Waals surface area contributed by atoms with Gasteiger partial charge in [0.25, 0.3) is 5.91 Å². The number of aryl methyl sites for hydroxylation is 1. The van der Waals surface area contributed by atoms with E-state index in [1.165, 1.54) is 7.11 Å². The average Bonchev–Trinajstić information content (AvgIpc) is 2.53. The summed E-state index contributed by atoms with van der Waals surface area (Å²) in [5.74, 6) is -0.645. The molecule has 114 valence electrons. The Bertz CT molecular complexity index is 728. The van der Waals surface area contributed by atoms with Crippen molar-refractivity contribution in [1.82, 2.24) is 0 Å². The standard InChI is InChI=1S/C17H16BrNO3/c1-11-9-14(18)7-8-15(11)19(2)16(20)12-5-4-6-13(10-12)17(21)22-3/h4-10H,1-3H3. The summed E-state index contributed by atoms with van der Waals surface area (Å²) in [5.41, 5.74) is 2.59. The highest BCUT2D eigenvalue weighted by atomic mass is 79.9. The lowest BCUT2D eigenvalue weighted by Gasteiger charge is -2.20. The van der Waals surface area contributed by atoms with Crippen LogP contribution in [0.2, 0.25) is 0 Å². The quantitative estimate of drug-likeness (QED) is 0.780. The van der Waals surface area contributed by atoms with Crippen molar-refractivity contribution in [2.45, 2.75) is 6.92 Å². The largest absolute Gasteiger partial charge is 0.465 e. The van der Waals surface area contributed by atoms with Crippen LogP contribution in [-0.2, 0) is 4.74 Å². The van der Waals surface area contributed by atoms with Crippen LogP contribution in [0.15, 0.2) is 46.9 Å². The van der Waals surface area contributed by atoms with Crippen molar-refractivity contribution in [1.29, 1.82) is 0 Å². The molecule has 0 atom stereocenters. The molecule has 2 aromatic carbocycles. The first-order valence-electron chi connectivity index (χ1n) is 6.66. The number of benzene rings is 2. The normalized spacial score (nSPS) is 10.2. The first-order chi connectivity index (χ1) is 10.4. The molecule has 0 N–H and O–H groups in total. The zero-order valence-corrected chi connectivity index (χ0v) is 14.2. The maximum Gasteiger partial charge on any atom is 0.337 e. The number of carbonyl (C=O) groups excluding carboxylic acids is 2. The van der Waals surface area contributed by atoms with Crippen molar-refractivity contribution < 1.29 is 14.3 Å². The summed E-state index contributed by atoms with van der Waals surface area (Å²) in [6, 6.07) is 12.2. The van der Waals surface area contributed by atoms with Gasteiger partial charge < -0.3 is 9.64 Å². The summed E-state index contributed by atoms with van der Waals surface area (Å²) in [7, 11) is 3.03. The molecule has 0 radical (unpaired) electrons. The van der Waals surface area contributed by atoms with Crippen LogP contribution in [0, 0.1) is 6.92 Å². The third-order valence-electron chi connectivity index (χ3n) is 3.36. The molecule has 0 heterocycles. The second kappa shape index (κ2) is 6.75. The summed E-state index contributed by atoms with van der Waals surface area (Å²) in [6.45, 7) is 1.94. The highest BCUT2D eigenvalue weighted by Crippen LogP contribution is 2.24. The van der Waals surface area contributed by atoms with E-state index in [0.29, 0.717) is 11.1 Å². The monoisotopic (exact) mass is 361 g/mol. The molecular weight excluding hydrogens is 346 g/mol. The molecule has 0 spiro atoms. The fourth-order valence-electron chi connectivity index (χ4n) is 2.20. The van der Waals surface area contributed by atoms with Crippen LogP contribution in [0.1, 0.15) is 26.3 Å². The van der Waals surface area contributed by atoms with Gasteiger partial charge in [0.1, 0.15) is 0 Å². The van der Waals surface area contributed by atoms with Gasteiger partial charge in [-0.15, -0.1) is 0 Å². The van der Waals surface area contributed by atoms with Crippen LogP contribution in [0.3, 0.4) is 0 Å².